The van der Waals surface area contributed by atoms with Gasteiger partial charge in [-0.25, -0.2) is 12.8 Å². The zero-order valence-corrected chi connectivity index (χ0v) is 18.7. The van der Waals surface area contributed by atoms with E-state index in [4.69, 9.17) is 11.6 Å². The fourth-order valence-electron chi connectivity index (χ4n) is 4.67. The monoisotopic (exact) mass is 473 g/mol. The molecule has 0 saturated heterocycles. The SMILES string of the molecule is C=CC(c1ccc(Cl)cc1)n1c2c(c3cc(F)cc(S(=O)(=O)C=C)c31)CCC2CC(=O)O. The van der Waals surface area contributed by atoms with Gasteiger partial charge in [0.1, 0.15) is 5.82 Å². The Morgan fingerprint density at radius 3 is 2.56 bits per heavy atom. The summed E-state index contributed by atoms with van der Waals surface area (Å²) in [6.07, 6.45) is 2.66. The first-order valence-corrected chi connectivity index (χ1v) is 11.9. The number of rotatable bonds is 7. The number of aryl methyl sites for hydroxylation is 1. The van der Waals surface area contributed by atoms with Gasteiger partial charge in [-0.1, -0.05) is 36.4 Å². The van der Waals surface area contributed by atoms with Crippen molar-refractivity contribution < 1.29 is 22.7 Å². The highest BCUT2D eigenvalue weighted by atomic mass is 35.5. The highest BCUT2D eigenvalue weighted by Crippen LogP contribution is 2.46. The van der Waals surface area contributed by atoms with Crippen molar-refractivity contribution in [2.24, 2.45) is 0 Å². The van der Waals surface area contributed by atoms with E-state index in [1.165, 1.54) is 6.07 Å². The van der Waals surface area contributed by atoms with E-state index >= 15 is 0 Å². The molecule has 1 heterocycles. The molecule has 0 radical (unpaired) electrons. The Kier molecular flexibility index (Phi) is 5.73. The first kappa shape index (κ1) is 22.3. The van der Waals surface area contributed by atoms with Crippen LogP contribution in [-0.2, 0) is 21.1 Å². The lowest BCUT2D eigenvalue weighted by molar-refractivity contribution is -0.137. The average molecular weight is 474 g/mol. The van der Waals surface area contributed by atoms with Crippen LogP contribution in [0, 0.1) is 5.82 Å². The molecule has 166 valence electrons. The van der Waals surface area contributed by atoms with Crippen molar-refractivity contribution in [3.05, 3.63) is 88.7 Å². The van der Waals surface area contributed by atoms with Gasteiger partial charge in [-0.05, 0) is 48.2 Å². The molecule has 1 aromatic heterocycles. The van der Waals surface area contributed by atoms with Gasteiger partial charge >= 0.3 is 5.97 Å². The quantitative estimate of drug-likeness (QED) is 0.451. The number of halogens is 2. The predicted octanol–water partition coefficient (Wildman–Crippen LogP) is 5.63. The van der Waals surface area contributed by atoms with Crippen LogP contribution < -0.4 is 0 Å². The molecule has 0 fully saturated rings. The van der Waals surface area contributed by atoms with Crippen LogP contribution >= 0.6 is 11.6 Å². The third kappa shape index (κ3) is 3.65. The lowest BCUT2D eigenvalue weighted by Gasteiger charge is -2.23. The normalized spacial score (nSPS) is 16.6. The number of carbonyl (C=O) groups is 1. The van der Waals surface area contributed by atoms with Gasteiger partial charge in [0.2, 0.25) is 9.84 Å². The largest absolute Gasteiger partial charge is 0.481 e. The second-order valence-corrected chi connectivity index (χ2v) is 10.1. The van der Waals surface area contributed by atoms with Crippen LogP contribution in [0.5, 0.6) is 0 Å². The standard InChI is InChI=1S/C24H21ClFNO4S/c1-3-20(14-5-8-16(25)9-6-14)27-23-15(11-22(28)29)7-10-18(23)19-12-17(26)13-21(24(19)27)32(30,31)4-2/h3-6,8-9,12-13,15,20H,1-2,7,10-11H2,(H,28,29). The van der Waals surface area contributed by atoms with E-state index in [1.807, 2.05) is 0 Å². The third-order valence-corrected chi connectivity index (χ3v) is 7.58. The Morgan fingerprint density at radius 1 is 1.28 bits per heavy atom. The maximum Gasteiger partial charge on any atom is 0.304 e. The molecule has 8 heteroatoms. The number of sulfone groups is 1. The van der Waals surface area contributed by atoms with Crippen molar-refractivity contribution >= 4 is 38.3 Å². The molecule has 0 amide bonds. The highest BCUT2D eigenvalue weighted by Gasteiger charge is 2.35. The van der Waals surface area contributed by atoms with Crippen LogP contribution in [0.2, 0.25) is 5.02 Å². The third-order valence-electron chi connectivity index (χ3n) is 5.96. The Bertz CT molecular complexity index is 1360. The van der Waals surface area contributed by atoms with Gasteiger partial charge in [0, 0.05) is 27.4 Å². The van der Waals surface area contributed by atoms with E-state index in [0.717, 1.165) is 22.6 Å². The summed E-state index contributed by atoms with van der Waals surface area (Å²) in [5.74, 6) is -1.97. The topological polar surface area (TPSA) is 76.4 Å². The first-order chi connectivity index (χ1) is 15.2. The molecule has 1 aliphatic carbocycles. The van der Waals surface area contributed by atoms with Gasteiger partial charge in [0.25, 0.3) is 0 Å². The molecule has 2 unspecified atom stereocenters. The minimum absolute atomic E-state index is 0.111. The van der Waals surface area contributed by atoms with Gasteiger partial charge in [-0.2, -0.15) is 0 Å². The molecule has 0 saturated carbocycles. The molecule has 2 aromatic carbocycles. The zero-order chi connectivity index (χ0) is 23.2. The lowest BCUT2D eigenvalue weighted by Crippen LogP contribution is -2.16. The number of aliphatic carboxylic acids is 1. The number of benzene rings is 2. The van der Waals surface area contributed by atoms with Crippen LogP contribution in [0.1, 0.15) is 41.6 Å². The molecule has 2 atom stereocenters. The molecule has 0 spiro atoms. The average Bonchev–Trinajstić information content (AvgIpc) is 3.28. The number of nitrogens with zero attached hydrogens (tertiary/aromatic N) is 1. The van der Waals surface area contributed by atoms with Gasteiger partial charge in [0.15, 0.2) is 0 Å². The Balaban J connectivity index is 2.14. The van der Waals surface area contributed by atoms with Crippen LogP contribution in [0.3, 0.4) is 0 Å². The van der Waals surface area contributed by atoms with Crippen molar-refractivity contribution in [2.75, 3.05) is 0 Å². The van der Waals surface area contributed by atoms with Crippen LogP contribution in [0.25, 0.3) is 10.9 Å². The molecule has 3 aromatic rings. The Hall–Kier alpha value is -2.90. The van der Waals surface area contributed by atoms with Gasteiger partial charge < -0.3 is 9.67 Å². The molecule has 5 nitrogen and oxygen atoms in total. The molecule has 4 rings (SSSR count). The fourth-order valence-corrected chi connectivity index (χ4v) is 5.73. The smallest absolute Gasteiger partial charge is 0.304 e. The summed E-state index contributed by atoms with van der Waals surface area (Å²) < 4.78 is 42.1. The number of fused-ring (bicyclic) bond motifs is 3. The summed E-state index contributed by atoms with van der Waals surface area (Å²) in [5.41, 5.74) is 2.59. The summed E-state index contributed by atoms with van der Waals surface area (Å²) in [5, 5.41) is 11.3. The number of hydrogen-bond acceptors (Lipinski definition) is 3. The number of allylic oxidation sites excluding steroid dienone is 1. The maximum atomic E-state index is 14.6. The van der Waals surface area contributed by atoms with Gasteiger partial charge in [-0.15, -0.1) is 6.58 Å². The van der Waals surface area contributed by atoms with Crippen molar-refractivity contribution in [2.45, 2.75) is 36.1 Å². The van der Waals surface area contributed by atoms with E-state index in [1.54, 1.807) is 34.9 Å². The van der Waals surface area contributed by atoms with E-state index in [0.29, 0.717) is 34.5 Å². The summed E-state index contributed by atoms with van der Waals surface area (Å²) >= 11 is 6.05. The molecule has 1 N–H and O–H groups in total. The molecule has 0 bridgehead atoms. The molecule has 1 aliphatic rings. The summed E-state index contributed by atoms with van der Waals surface area (Å²) in [4.78, 5) is 11.3. The highest BCUT2D eigenvalue weighted by molar-refractivity contribution is 7.94. The lowest BCUT2D eigenvalue weighted by atomic mass is 10.0. The Morgan fingerprint density at radius 2 is 1.97 bits per heavy atom. The van der Waals surface area contributed by atoms with Crippen molar-refractivity contribution in [3.63, 3.8) is 0 Å². The summed E-state index contributed by atoms with van der Waals surface area (Å²) in [7, 11) is -4.00. The van der Waals surface area contributed by atoms with Gasteiger partial charge in [0.05, 0.1) is 22.9 Å². The predicted molar refractivity (Wildman–Crippen MR) is 122 cm³/mol. The second-order valence-electron chi connectivity index (χ2n) is 7.81. The van der Waals surface area contributed by atoms with Crippen LogP contribution in [-0.4, -0.2) is 24.1 Å². The minimum atomic E-state index is -4.00. The molecule has 0 aliphatic heterocycles. The van der Waals surface area contributed by atoms with E-state index in [9.17, 15) is 22.7 Å². The van der Waals surface area contributed by atoms with Crippen LogP contribution in [0.4, 0.5) is 4.39 Å². The van der Waals surface area contributed by atoms with Crippen molar-refractivity contribution in [3.8, 4) is 0 Å². The van der Waals surface area contributed by atoms with E-state index in [-0.39, 0.29) is 17.2 Å². The van der Waals surface area contributed by atoms with Crippen LogP contribution in [0.15, 0.2) is 65.9 Å². The number of carboxylic acid groups (broad SMARTS) is 1. The Labute approximate surface area is 190 Å². The van der Waals surface area contributed by atoms with E-state index < -0.39 is 27.7 Å². The minimum Gasteiger partial charge on any atom is -0.481 e. The summed E-state index contributed by atoms with van der Waals surface area (Å²) in [6, 6.07) is 8.83. The molecular formula is C24H21ClFNO4S. The fraction of sp³-hybridized carbons (Fsp3) is 0.208. The van der Waals surface area contributed by atoms with Crippen molar-refractivity contribution in [1.29, 1.82) is 0 Å². The van der Waals surface area contributed by atoms with Gasteiger partial charge in [-0.3, -0.25) is 4.79 Å². The zero-order valence-electron chi connectivity index (χ0n) is 17.1. The number of aromatic nitrogens is 1. The summed E-state index contributed by atoms with van der Waals surface area (Å²) in [6.45, 7) is 7.34. The second kappa shape index (κ2) is 8.22. The number of carboxylic acids is 1. The molecule has 32 heavy (non-hydrogen) atoms. The molecular weight excluding hydrogens is 453 g/mol. The van der Waals surface area contributed by atoms with E-state index in [2.05, 4.69) is 13.2 Å². The van der Waals surface area contributed by atoms with Crippen molar-refractivity contribution in [1.82, 2.24) is 4.57 Å². The number of hydrogen-bond donors (Lipinski definition) is 1. The maximum absolute atomic E-state index is 14.6. The first-order valence-electron chi connectivity index (χ1n) is 10.0.